The molecule has 0 radical (unpaired) electrons. The van der Waals surface area contributed by atoms with E-state index in [1.807, 2.05) is 10.9 Å². The molecule has 180 valence electrons. The lowest BCUT2D eigenvalue weighted by Crippen LogP contribution is -2.39. The number of piperidine rings is 1. The Morgan fingerprint density at radius 1 is 1.14 bits per heavy atom. The van der Waals surface area contributed by atoms with Crippen LogP contribution in [-0.4, -0.2) is 43.9 Å². The molecule has 1 aliphatic heterocycles. The van der Waals surface area contributed by atoms with Crippen LogP contribution in [0.5, 0.6) is 0 Å². The first-order chi connectivity index (χ1) is 16.8. The van der Waals surface area contributed by atoms with Crippen LogP contribution in [0.15, 0.2) is 57.6 Å². The molecule has 1 saturated heterocycles. The van der Waals surface area contributed by atoms with Gasteiger partial charge in [0.05, 0.1) is 16.2 Å². The van der Waals surface area contributed by atoms with Crippen LogP contribution in [0.1, 0.15) is 59.0 Å². The summed E-state index contributed by atoms with van der Waals surface area (Å²) in [6.45, 7) is 5.34. The quantitative estimate of drug-likeness (QED) is 0.271. The molecule has 0 N–H and O–H groups in total. The summed E-state index contributed by atoms with van der Waals surface area (Å²) >= 11 is 6.75. The van der Waals surface area contributed by atoms with Crippen LogP contribution in [0.25, 0.3) is 10.9 Å². The molecule has 3 heterocycles. The van der Waals surface area contributed by atoms with Crippen molar-refractivity contribution in [2.24, 2.45) is 0 Å². The van der Waals surface area contributed by atoms with E-state index in [-0.39, 0.29) is 29.1 Å². The number of halogens is 3. The highest BCUT2D eigenvalue weighted by Gasteiger charge is 2.28. The molecule has 2 atom stereocenters. The number of carbonyl (C=O) groups is 1. The number of aromatic nitrogens is 4. The Hall–Kier alpha value is -2.65. The Morgan fingerprint density at radius 2 is 1.91 bits per heavy atom. The molecular formula is C26H24Br2FN5O. The van der Waals surface area contributed by atoms with E-state index in [0.29, 0.717) is 22.9 Å². The molecule has 0 bridgehead atoms. The number of hydrogen-bond acceptors (Lipinski definition) is 4. The number of carbonyl (C=O) groups excluding carboxylic acids is 1. The Labute approximate surface area is 219 Å². The number of hydrogen-bond donors (Lipinski definition) is 0. The third-order valence-electron chi connectivity index (χ3n) is 6.69. The lowest BCUT2D eigenvalue weighted by Gasteiger charge is -2.31. The third kappa shape index (κ3) is 4.76. The molecule has 0 spiro atoms. The Kier molecular flexibility index (Phi) is 6.72. The van der Waals surface area contributed by atoms with E-state index in [1.54, 1.807) is 29.2 Å². The van der Waals surface area contributed by atoms with Crippen molar-refractivity contribution in [2.45, 2.75) is 38.6 Å². The van der Waals surface area contributed by atoms with E-state index >= 15 is 0 Å². The molecule has 2 aromatic heterocycles. The number of amides is 1. The summed E-state index contributed by atoms with van der Waals surface area (Å²) in [6.07, 6.45) is 3.78. The summed E-state index contributed by atoms with van der Waals surface area (Å²) in [5.41, 5.74) is 3.65. The average Bonchev–Trinajstić information content (AvgIpc) is 3.37. The van der Waals surface area contributed by atoms with Gasteiger partial charge in [0, 0.05) is 35.1 Å². The summed E-state index contributed by atoms with van der Waals surface area (Å²) in [5, 5.41) is 9.50. The summed E-state index contributed by atoms with van der Waals surface area (Å²) in [6, 6.07) is 13.2. The minimum Gasteiger partial charge on any atom is -0.337 e. The second-order valence-electron chi connectivity index (χ2n) is 9.03. The number of fused-ring (bicyclic) bond motifs is 1. The second kappa shape index (κ2) is 9.78. The van der Waals surface area contributed by atoms with Gasteiger partial charge in [-0.2, -0.15) is 0 Å². The third-order valence-corrected chi connectivity index (χ3v) is 8.19. The number of likely N-dealkylation sites (tertiary alicyclic amines) is 1. The fourth-order valence-electron chi connectivity index (χ4n) is 4.56. The smallest absolute Gasteiger partial charge is 0.272 e. The van der Waals surface area contributed by atoms with E-state index in [1.165, 1.54) is 5.56 Å². The molecule has 9 heteroatoms. The van der Waals surface area contributed by atoms with Gasteiger partial charge in [0.2, 0.25) is 0 Å². The van der Waals surface area contributed by atoms with Crippen molar-refractivity contribution in [3.63, 3.8) is 0 Å². The fraction of sp³-hybridized carbons (Fsp3) is 0.308. The van der Waals surface area contributed by atoms with Crippen LogP contribution in [0.4, 0.5) is 4.39 Å². The Balaban J connectivity index is 1.33. The zero-order chi connectivity index (χ0) is 24.7. The molecule has 1 amide bonds. The first kappa shape index (κ1) is 24.1. The topological polar surface area (TPSA) is 63.9 Å². The van der Waals surface area contributed by atoms with Crippen LogP contribution in [0.3, 0.4) is 0 Å². The molecule has 0 aliphatic carbocycles. The Bertz CT molecular complexity index is 1420. The van der Waals surface area contributed by atoms with Gasteiger partial charge in [0.1, 0.15) is 11.2 Å². The number of aryl methyl sites for hydroxylation is 1. The van der Waals surface area contributed by atoms with Crippen molar-refractivity contribution in [2.75, 3.05) is 13.1 Å². The van der Waals surface area contributed by atoms with Crippen LogP contribution < -0.4 is 0 Å². The highest BCUT2D eigenvalue weighted by Crippen LogP contribution is 2.29. The van der Waals surface area contributed by atoms with E-state index in [0.717, 1.165) is 28.6 Å². The molecule has 6 nitrogen and oxygen atoms in total. The van der Waals surface area contributed by atoms with Gasteiger partial charge < -0.3 is 4.90 Å². The lowest BCUT2D eigenvalue weighted by molar-refractivity contribution is 0.0700. The normalized spacial score (nSPS) is 17.1. The van der Waals surface area contributed by atoms with Crippen LogP contribution >= 0.6 is 31.9 Å². The predicted octanol–water partition coefficient (Wildman–Crippen LogP) is 6.43. The second-order valence-corrected chi connectivity index (χ2v) is 10.7. The van der Waals surface area contributed by atoms with Crippen molar-refractivity contribution < 1.29 is 9.18 Å². The van der Waals surface area contributed by atoms with E-state index in [2.05, 4.69) is 79.2 Å². The summed E-state index contributed by atoms with van der Waals surface area (Å²) in [4.78, 5) is 19.4. The average molecular weight is 601 g/mol. The summed E-state index contributed by atoms with van der Waals surface area (Å²) in [7, 11) is 0. The van der Waals surface area contributed by atoms with Gasteiger partial charge in [-0.05, 0) is 71.9 Å². The number of rotatable bonds is 4. The van der Waals surface area contributed by atoms with Gasteiger partial charge in [0.25, 0.3) is 5.91 Å². The largest absolute Gasteiger partial charge is 0.337 e. The first-order valence-corrected chi connectivity index (χ1v) is 13.1. The molecule has 5 rings (SSSR count). The zero-order valence-corrected chi connectivity index (χ0v) is 22.6. The molecule has 35 heavy (non-hydrogen) atoms. The molecule has 0 saturated carbocycles. The maximum Gasteiger partial charge on any atom is 0.272 e. The van der Waals surface area contributed by atoms with Crippen LogP contribution in [0.2, 0.25) is 0 Å². The Morgan fingerprint density at radius 3 is 2.71 bits per heavy atom. The van der Waals surface area contributed by atoms with Crippen LogP contribution in [-0.2, 0) is 0 Å². The van der Waals surface area contributed by atoms with Gasteiger partial charge >= 0.3 is 0 Å². The predicted molar refractivity (Wildman–Crippen MR) is 140 cm³/mol. The number of nitrogens with zero attached hydrogens (tertiary/aromatic N) is 5. The molecule has 2 aromatic carbocycles. The monoisotopic (exact) mass is 599 g/mol. The van der Waals surface area contributed by atoms with Crippen LogP contribution in [0, 0.1) is 12.7 Å². The molecule has 1 fully saturated rings. The van der Waals surface area contributed by atoms with Gasteiger partial charge in [-0.25, -0.2) is 14.1 Å². The molecule has 4 aromatic rings. The zero-order valence-electron chi connectivity index (χ0n) is 19.4. The molecule has 1 unspecified atom stereocenters. The van der Waals surface area contributed by atoms with Crippen molar-refractivity contribution >= 4 is 48.7 Å². The number of benzene rings is 2. The van der Waals surface area contributed by atoms with E-state index < -0.39 is 5.82 Å². The standard InChI is InChI=1S/C26H24Br2FN5O/c1-15-12-18(6-8-20(15)27)16(2)34-14-23(31-32-34)19-4-3-11-33(13-19)26(35)22-10-7-17-5-9-21(28)24(29)25(17)30-22/h5-10,12,14,16,19H,3-4,11,13H2,1-2H3/t16-,19?/m1/s1. The van der Waals surface area contributed by atoms with Crippen molar-refractivity contribution in [1.29, 1.82) is 0 Å². The van der Waals surface area contributed by atoms with Gasteiger partial charge in [0.15, 0.2) is 5.82 Å². The van der Waals surface area contributed by atoms with E-state index in [9.17, 15) is 9.18 Å². The minimum atomic E-state index is -0.458. The fourth-order valence-corrected chi connectivity index (χ4v) is 5.13. The highest BCUT2D eigenvalue weighted by atomic mass is 79.9. The number of pyridine rings is 1. The van der Waals surface area contributed by atoms with Gasteiger partial charge in [-0.15, -0.1) is 5.10 Å². The molecular weight excluding hydrogens is 577 g/mol. The van der Waals surface area contributed by atoms with Gasteiger partial charge in [-0.1, -0.05) is 45.4 Å². The van der Waals surface area contributed by atoms with Gasteiger partial charge in [-0.3, -0.25) is 4.79 Å². The van der Waals surface area contributed by atoms with Crippen molar-refractivity contribution in [3.05, 3.63) is 85.9 Å². The highest BCUT2D eigenvalue weighted by molar-refractivity contribution is 9.10. The molecule has 1 aliphatic rings. The summed E-state index contributed by atoms with van der Waals surface area (Å²) < 4.78 is 17.8. The maximum absolute atomic E-state index is 14.5. The van der Waals surface area contributed by atoms with Crippen molar-refractivity contribution in [1.82, 2.24) is 24.9 Å². The minimum absolute atomic E-state index is 0.0420. The van der Waals surface area contributed by atoms with E-state index in [4.69, 9.17) is 0 Å². The lowest BCUT2D eigenvalue weighted by atomic mass is 9.95. The SMILES string of the molecule is Cc1cc([C@@H](C)n2cc(C3CCCN(C(=O)c4ccc5ccc(Br)c(F)c5n4)C3)nn2)ccc1Br. The first-order valence-electron chi connectivity index (χ1n) is 11.5. The summed E-state index contributed by atoms with van der Waals surface area (Å²) in [5.74, 6) is -0.561. The van der Waals surface area contributed by atoms with Crippen molar-refractivity contribution in [3.8, 4) is 0 Å². The maximum atomic E-state index is 14.5.